The first kappa shape index (κ1) is 15.0. The van der Waals surface area contributed by atoms with Gasteiger partial charge >= 0.3 is 0 Å². The lowest BCUT2D eigenvalue weighted by Crippen LogP contribution is -2.05. The predicted octanol–water partition coefficient (Wildman–Crippen LogP) is 4.18. The predicted molar refractivity (Wildman–Crippen MR) is 80.5 cm³/mol. The maximum absolute atomic E-state index is 14.1. The summed E-state index contributed by atoms with van der Waals surface area (Å²) in [4.78, 5) is 0. The number of ether oxygens (including phenoxy) is 1. The molecular formula is C16H16BrFO2. The summed E-state index contributed by atoms with van der Waals surface area (Å²) in [5.74, 6) is -0.227. The fourth-order valence-electron chi connectivity index (χ4n) is 2.09. The number of aryl methyl sites for hydroxylation is 1. The van der Waals surface area contributed by atoms with Crippen molar-refractivity contribution in [2.45, 2.75) is 19.4 Å². The summed E-state index contributed by atoms with van der Waals surface area (Å²) in [5.41, 5.74) is 2.28. The van der Waals surface area contributed by atoms with Gasteiger partial charge in [0.05, 0.1) is 13.2 Å². The van der Waals surface area contributed by atoms with Crippen LogP contribution in [0.25, 0.3) is 0 Å². The van der Waals surface area contributed by atoms with Gasteiger partial charge in [-0.05, 0) is 35.7 Å². The van der Waals surface area contributed by atoms with Crippen molar-refractivity contribution in [1.29, 1.82) is 0 Å². The highest BCUT2D eigenvalue weighted by Gasteiger charge is 2.16. The first-order chi connectivity index (χ1) is 9.52. The monoisotopic (exact) mass is 338 g/mol. The topological polar surface area (TPSA) is 29.5 Å². The minimum Gasteiger partial charge on any atom is -0.494 e. The van der Waals surface area contributed by atoms with Crippen LogP contribution in [0.3, 0.4) is 0 Å². The Morgan fingerprint density at radius 1 is 1.30 bits per heavy atom. The Morgan fingerprint density at radius 2 is 2.05 bits per heavy atom. The molecule has 0 aliphatic heterocycles. The zero-order valence-electron chi connectivity index (χ0n) is 11.4. The smallest absolute Gasteiger partial charge is 0.168 e. The average molecular weight is 339 g/mol. The van der Waals surface area contributed by atoms with E-state index < -0.39 is 11.9 Å². The molecule has 0 aliphatic carbocycles. The Kier molecular flexibility index (Phi) is 4.78. The van der Waals surface area contributed by atoms with Crippen LogP contribution in [0.2, 0.25) is 0 Å². The lowest BCUT2D eigenvalue weighted by atomic mass is 10.00. The first-order valence-corrected chi connectivity index (χ1v) is 7.07. The van der Waals surface area contributed by atoms with Crippen LogP contribution in [-0.2, 0) is 6.42 Å². The molecule has 2 nitrogen and oxygen atoms in total. The van der Waals surface area contributed by atoms with Crippen LogP contribution in [0.15, 0.2) is 40.9 Å². The molecule has 2 aromatic rings. The van der Waals surface area contributed by atoms with Crippen LogP contribution in [0, 0.1) is 12.7 Å². The van der Waals surface area contributed by atoms with Crippen LogP contribution in [0.4, 0.5) is 4.39 Å². The number of aliphatic hydroxyl groups excluding tert-OH is 1. The van der Waals surface area contributed by atoms with Gasteiger partial charge in [-0.3, -0.25) is 0 Å². The highest BCUT2D eigenvalue weighted by molar-refractivity contribution is 9.10. The molecule has 0 bridgehead atoms. The molecule has 2 aromatic carbocycles. The standard InChI is InChI=1S/C16H16BrFO2/c1-10-6-7-12(13(17)8-10)14(19)9-11-4-3-5-15(20-2)16(11)18/h3-8,14,19H,9H2,1-2H3. The molecule has 0 spiro atoms. The maximum atomic E-state index is 14.1. The Hall–Kier alpha value is -1.39. The molecule has 0 saturated heterocycles. The average Bonchev–Trinajstić information content (AvgIpc) is 2.41. The van der Waals surface area contributed by atoms with E-state index in [1.165, 1.54) is 7.11 Å². The second kappa shape index (κ2) is 6.37. The summed E-state index contributed by atoms with van der Waals surface area (Å²) in [5, 5.41) is 10.3. The molecule has 0 aromatic heterocycles. The van der Waals surface area contributed by atoms with Crippen molar-refractivity contribution in [3.63, 3.8) is 0 Å². The second-order valence-corrected chi connectivity index (χ2v) is 5.53. The van der Waals surface area contributed by atoms with Crippen molar-refractivity contribution in [1.82, 2.24) is 0 Å². The molecule has 0 heterocycles. The van der Waals surface area contributed by atoms with Crippen LogP contribution in [-0.4, -0.2) is 12.2 Å². The van der Waals surface area contributed by atoms with Crippen LogP contribution in [0.5, 0.6) is 5.75 Å². The lowest BCUT2D eigenvalue weighted by molar-refractivity contribution is 0.176. The zero-order valence-corrected chi connectivity index (χ0v) is 12.9. The van der Waals surface area contributed by atoms with Crippen molar-refractivity contribution in [3.8, 4) is 5.75 Å². The Bertz CT molecular complexity index is 613. The Balaban J connectivity index is 2.25. The molecule has 1 unspecified atom stereocenters. The molecule has 2 rings (SSSR count). The van der Waals surface area contributed by atoms with E-state index in [4.69, 9.17) is 4.74 Å². The number of rotatable bonds is 4. The number of hydrogen-bond donors (Lipinski definition) is 1. The zero-order chi connectivity index (χ0) is 14.7. The minimum atomic E-state index is -0.772. The highest BCUT2D eigenvalue weighted by Crippen LogP contribution is 2.29. The summed E-state index contributed by atoms with van der Waals surface area (Å²) >= 11 is 3.43. The summed E-state index contributed by atoms with van der Waals surface area (Å²) in [6.45, 7) is 1.97. The summed E-state index contributed by atoms with van der Waals surface area (Å²) < 4.78 is 19.8. The van der Waals surface area contributed by atoms with Crippen LogP contribution < -0.4 is 4.74 Å². The van der Waals surface area contributed by atoms with E-state index in [-0.39, 0.29) is 12.2 Å². The van der Waals surface area contributed by atoms with Gasteiger partial charge in [0.25, 0.3) is 0 Å². The molecule has 20 heavy (non-hydrogen) atoms. The number of methoxy groups -OCH3 is 1. The van der Waals surface area contributed by atoms with Crippen molar-refractivity contribution in [3.05, 3.63) is 63.4 Å². The maximum Gasteiger partial charge on any atom is 0.168 e. The van der Waals surface area contributed by atoms with E-state index in [1.807, 2.05) is 25.1 Å². The van der Waals surface area contributed by atoms with Gasteiger partial charge in [-0.2, -0.15) is 0 Å². The number of aliphatic hydroxyl groups is 1. The lowest BCUT2D eigenvalue weighted by Gasteiger charge is -2.15. The van der Waals surface area contributed by atoms with E-state index in [0.717, 1.165) is 15.6 Å². The third-order valence-corrected chi connectivity index (χ3v) is 3.88. The molecule has 0 radical (unpaired) electrons. The van der Waals surface area contributed by atoms with Gasteiger partial charge in [-0.15, -0.1) is 0 Å². The van der Waals surface area contributed by atoms with Gasteiger partial charge in [0, 0.05) is 10.9 Å². The minimum absolute atomic E-state index is 0.192. The normalized spacial score (nSPS) is 12.2. The molecular weight excluding hydrogens is 323 g/mol. The van der Waals surface area contributed by atoms with Crippen molar-refractivity contribution in [2.24, 2.45) is 0 Å². The molecule has 0 saturated carbocycles. The van der Waals surface area contributed by atoms with Crippen LogP contribution >= 0.6 is 15.9 Å². The highest BCUT2D eigenvalue weighted by atomic mass is 79.9. The summed E-state index contributed by atoms with van der Waals surface area (Å²) in [6.07, 6.45) is -0.573. The quantitative estimate of drug-likeness (QED) is 0.905. The van der Waals surface area contributed by atoms with Gasteiger partial charge in [0.1, 0.15) is 0 Å². The summed E-state index contributed by atoms with van der Waals surface area (Å²) in [6, 6.07) is 10.6. The van der Waals surface area contributed by atoms with Gasteiger partial charge in [0.15, 0.2) is 11.6 Å². The van der Waals surface area contributed by atoms with Crippen molar-refractivity contribution in [2.75, 3.05) is 7.11 Å². The fourth-order valence-corrected chi connectivity index (χ4v) is 2.85. The van der Waals surface area contributed by atoms with E-state index >= 15 is 0 Å². The third kappa shape index (κ3) is 3.19. The van der Waals surface area contributed by atoms with E-state index in [9.17, 15) is 9.50 Å². The number of halogens is 2. The molecule has 0 fully saturated rings. The summed E-state index contributed by atoms with van der Waals surface area (Å²) in [7, 11) is 1.43. The number of hydrogen-bond acceptors (Lipinski definition) is 2. The van der Waals surface area contributed by atoms with Crippen molar-refractivity contribution >= 4 is 15.9 Å². The van der Waals surface area contributed by atoms with Gasteiger partial charge in [-0.1, -0.05) is 40.2 Å². The van der Waals surface area contributed by atoms with Gasteiger partial charge in [-0.25, -0.2) is 4.39 Å². The van der Waals surface area contributed by atoms with Crippen molar-refractivity contribution < 1.29 is 14.2 Å². The number of benzene rings is 2. The largest absolute Gasteiger partial charge is 0.494 e. The third-order valence-electron chi connectivity index (χ3n) is 3.19. The van der Waals surface area contributed by atoms with E-state index in [0.29, 0.717) is 5.56 Å². The first-order valence-electron chi connectivity index (χ1n) is 6.28. The van der Waals surface area contributed by atoms with Gasteiger partial charge < -0.3 is 9.84 Å². The Morgan fingerprint density at radius 3 is 2.70 bits per heavy atom. The molecule has 0 amide bonds. The molecule has 1 N–H and O–H groups in total. The molecule has 4 heteroatoms. The molecule has 0 aliphatic rings. The Labute approximate surface area is 126 Å². The van der Waals surface area contributed by atoms with E-state index in [2.05, 4.69) is 15.9 Å². The van der Waals surface area contributed by atoms with Gasteiger partial charge in [0.2, 0.25) is 0 Å². The van der Waals surface area contributed by atoms with Crippen LogP contribution in [0.1, 0.15) is 22.8 Å². The molecule has 1 atom stereocenters. The second-order valence-electron chi connectivity index (χ2n) is 4.68. The van der Waals surface area contributed by atoms with E-state index in [1.54, 1.807) is 18.2 Å². The SMILES string of the molecule is COc1cccc(CC(O)c2ccc(C)cc2Br)c1F. The molecule has 106 valence electrons. The fraction of sp³-hybridized carbons (Fsp3) is 0.250.